The summed E-state index contributed by atoms with van der Waals surface area (Å²) in [6.45, 7) is 3.98. The Morgan fingerprint density at radius 2 is 2.15 bits per heavy atom. The summed E-state index contributed by atoms with van der Waals surface area (Å²) in [6.07, 6.45) is 1.10. The molecule has 0 saturated heterocycles. The maximum absolute atomic E-state index is 5.91. The summed E-state index contributed by atoms with van der Waals surface area (Å²) >= 11 is 5.91. The summed E-state index contributed by atoms with van der Waals surface area (Å²) in [6, 6.07) is 0. The van der Waals surface area contributed by atoms with Crippen LogP contribution in [0.1, 0.15) is 13.3 Å². The first-order chi connectivity index (χ1) is 6.29. The molecule has 1 saturated carbocycles. The molecule has 0 aromatic carbocycles. The van der Waals surface area contributed by atoms with Crippen LogP contribution in [0.25, 0.3) is 0 Å². The van der Waals surface area contributed by atoms with Crippen LogP contribution in [-0.4, -0.2) is 44.5 Å². The average molecular weight is 209 g/mol. The van der Waals surface area contributed by atoms with Gasteiger partial charge < -0.3 is 14.2 Å². The lowest BCUT2D eigenvalue weighted by Gasteiger charge is -2.39. The highest BCUT2D eigenvalue weighted by Gasteiger charge is 2.40. The largest absolute Gasteiger partial charge is 0.379 e. The van der Waals surface area contributed by atoms with Gasteiger partial charge in [-0.3, -0.25) is 0 Å². The number of ether oxygens (including phenoxy) is 3. The van der Waals surface area contributed by atoms with Crippen LogP contribution in [0.4, 0.5) is 0 Å². The lowest BCUT2D eigenvalue weighted by molar-refractivity contribution is -0.118. The molecule has 13 heavy (non-hydrogen) atoms. The maximum Gasteiger partial charge on any atom is 0.0997 e. The third kappa shape index (κ3) is 3.09. The minimum atomic E-state index is 0.0586. The Labute approximate surface area is 84.3 Å². The van der Waals surface area contributed by atoms with Crippen molar-refractivity contribution in [2.45, 2.75) is 30.9 Å². The quantitative estimate of drug-likeness (QED) is 0.488. The fourth-order valence-corrected chi connectivity index (χ4v) is 1.83. The van der Waals surface area contributed by atoms with Crippen molar-refractivity contribution >= 4 is 11.6 Å². The molecule has 1 aliphatic rings. The molecule has 1 rings (SSSR count). The van der Waals surface area contributed by atoms with E-state index in [1.54, 1.807) is 7.11 Å². The van der Waals surface area contributed by atoms with E-state index in [1.165, 1.54) is 0 Å². The molecule has 0 aliphatic heterocycles. The second-order valence-electron chi connectivity index (χ2n) is 3.06. The van der Waals surface area contributed by atoms with Crippen molar-refractivity contribution in [2.75, 3.05) is 26.9 Å². The number of hydrogen-bond donors (Lipinski definition) is 0. The highest BCUT2D eigenvalue weighted by Crippen LogP contribution is 2.31. The van der Waals surface area contributed by atoms with E-state index in [4.69, 9.17) is 25.8 Å². The van der Waals surface area contributed by atoms with E-state index in [1.807, 2.05) is 6.92 Å². The van der Waals surface area contributed by atoms with Crippen LogP contribution < -0.4 is 0 Å². The van der Waals surface area contributed by atoms with Gasteiger partial charge in [0, 0.05) is 13.7 Å². The minimum Gasteiger partial charge on any atom is -0.379 e. The van der Waals surface area contributed by atoms with Crippen LogP contribution in [0, 0.1) is 0 Å². The Balaban J connectivity index is 2.03. The van der Waals surface area contributed by atoms with Gasteiger partial charge in [-0.05, 0) is 13.3 Å². The molecule has 1 fully saturated rings. The number of rotatable bonds is 6. The summed E-state index contributed by atoms with van der Waals surface area (Å²) in [7, 11) is 1.66. The molecule has 0 heterocycles. The molecule has 0 N–H and O–H groups in total. The highest BCUT2D eigenvalue weighted by molar-refractivity contribution is 6.21. The van der Waals surface area contributed by atoms with E-state index in [-0.39, 0.29) is 17.6 Å². The molecule has 3 unspecified atom stereocenters. The molecule has 4 heteroatoms. The summed E-state index contributed by atoms with van der Waals surface area (Å²) in [5, 5.41) is 0.113. The van der Waals surface area contributed by atoms with E-state index in [2.05, 4.69) is 0 Å². The van der Waals surface area contributed by atoms with Crippen molar-refractivity contribution in [1.82, 2.24) is 0 Å². The van der Waals surface area contributed by atoms with Crippen LogP contribution >= 0.6 is 11.6 Å². The zero-order valence-electron chi connectivity index (χ0n) is 8.16. The monoisotopic (exact) mass is 208 g/mol. The molecular formula is C9H17ClO3. The number of halogens is 1. The van der Waals surface area contributed by atoms with Gasteiger partial charge in [-0.15, -0.1) is 11.6 Å². The van der Waals surface area contributed by atoms with Gasteiger partial charge >= 0.3 is 0 Å². The Kier molecular flexibility index (Phi) is 5.02. The van der Waals surface area contributed by atoms with Crippen LogP contribution in [0.3, 0.4) is 0 Å². The molecule has 0 bridgehead atoms. The lowest BCUT2D eigenvalue weighted by Crippen LogP contribution is -2.50. The van der Waals surface area contributed by atoms with Crippen molar-refractivity contribution in [3.05, 3.63) is 0 Å². The predicted octanol–water partition coefficient (Wildman–Crippen LogP) is 1.43. The minimum absolute atomic E-state index is 0.0586. The first kappa shape index (κ1) is 11.2. The van der Waals surface area contributed by atoms with Gasteiger partial charge in [0.1, 0.15) is 0 Å². The van der Waals surface area contributed by atoms with Crippen molar-refractivity contribution in [2.24, 2.45) is 0 Å². The lowest BCUT2D eigenvalue weighted by atomic mass is 9.91. The Hall–Kier alpha value is 0.170. The Morgan fingerprint density at radius 1 is 1.38 bits per heavy atom. The van der Waals surface area contributed by atoms with Crippen LogP contribution in [0.2, 0.25) is 0 Å². The van der Waals surface area contributed by atoms with E-state index < -0.39 is 0 Å². The van der Waals surface area contributed by atoms with Crippen molar-refractivity contribution in [3.63, 3.8) is 0 Å². The molecule has 0 spiro atoms. The fourth-order valence-electron chi connectivity index (χ4n) is 1.39. The first-order valence-corrected chi connectivity index (χ1v) is 5.09. The molecular weight excluding hydrogens is 192 g/mol. The van der Waals surface area contributed by atoms with Crippen LogP contribution in [-0.2, 0) is 14.2 Å². The van der Waals surface area contributed by atoms with E-state index in [0.717, 1.165) is 13.0 Å². The first-order valence-electron chi connectivity index (χ1n) is 4.65. The number of alkyl halides is 1. The molecule has 3 nitrogen and oxygen atoms in total. The van der Waals surface area contributed by atoms with Crippen LogP contribution in [0.15, 0.2) is 0 Å². The summed E-state index contributed by atoms with van der Waals surface area (Å²) in [4.78, 5) is 0. The zero-order valence-corrected chi connectivity index (χ0v) is 8.92. The van der Waals surface area contributed by atoms with Gasteiger partial charge in [-0.25, -0.2) is 0 Å². The van der Waals surface area contributed by atoms with Gasteiger partial charge in [0.15, 0.2) is 0 Å². The SMILES string of the molecule is CCOCCOC1CC(Cl)C1OC. The van der Waals surface area contributed by atoms with Gasteiger partial charge in [-0.1, -0.05) is 0 Å². The Bertz CT molecular complexity index is 143. The normalized spacial score (nSPS) is 33.0. The highest BCUT2D eigenvalue weighted by atomic mass is 35.5. The average Bonchev–Trinajstić information content (AvgIpc) is 2.11. The second-order valence-corrected chi connectivity index (χ2v) is 3.62. The molecule has 0 radical (unpaired) electrons. The van der Waals surface area contributed by atoms with Gasteiger partial charge in [0.05, 0.1) is 30.8 Å². The third-order valence-corrected chi connectivity index (χ3v) is 2.64. The zero-order chi connectivity index (χ0) is 9.68. The molecule has 78 valence electrons. The topological polar surface area (TPSA) is 27.7 Å². The number of methoxy groups -OCH3 is 1. The van der Waals surface area contributed by atoms with E-state index in [0.29, 0.717) is 13.2 Å². The maximum atomic E-state index is 5.91. The summed E-state index contributed by atoms with van der Waals surface area (Å²) < 4.78 is 15.8. The molecule has 3 atom stereocenters. The summed E-state index contributed by atoms with van der Waals surface area (Å²) in [5.41, 5.74) is 0. The van der Waals surface area contributed by atoms with Gasteiger partial charge in [-0.2, -0.15) is 0 Å². The van der Waals surface area contributed by atoms with Crippen molar-refractivity contribution in [1.29, 1.82) is 0 Å². The molecule has 0 amide bonds. The van der Waals surface area contributed by atoms with Gasteiger partial charge in [0.2, 0.25) is 0 Å². The predicted molar refractivity (Wildman–Crippen MR) is 51.3 cm³/mol. The van der Waals surface area contributed by atoms with Crippen molar-refractivity contribution in [3.8, 4) is 0 Å². The van der Waals surface area contributed by atoms with E-state index in [9.17, 15) is 0 Å². The molecule has 1 aliphatic carbocycles. The second kappa shape index (κ2) is 5.81. The summed E-state index contributed by atoms with van der Waals surface area (Å²) in [5.74, 6) is 0. The number of hydrogen-bond acceptors (Lipinski definition) is 3. The third-order valence-electron chi connectivity index (χ3n) is 2.22. The van der Waals surface area contributed by atoms with Crippen LogP contribution in [0.5, 0.6) is 0 Å². The fraction of sp³-hybridized carbons (Fsp3) is 1.00. The van der Waals surface area contributed by atoms with Crippen molar-refractivity contribution < 1.29 is 14.2 Å². The molecule has 0 aromatic rings. The van der Waals surface area contributed by atoms with E-state index >= 15 is 0 Å². The molecule has 0 aromatic heterocycles. The van der Waals surface area contributed by atoms with Gasteiger partial charge in [0.25, 0.3) is 0 Å². The standard InChI is InChI=1S/C9H17ClO3/c1-3-12-4-5-13-8-6-7(10)9(8)11-2/h7-9H,3-6H2,1-2H3. The Morgan fingerprint density at radius 3 is 2.69 bits per heavy atom. The smallest absolute Gasteiger partial charge is 0.0997 e.